The SMILES string of the molecule is COc1cccc(C(CNC(=O)c2cc(S(=O)(=O)NC3CC3)ccc2C)N(C)C)c1. The molecular weight excluding hydrogens is 402 g/mol. The number of methoxy groups -OCH3 is 1. The Morgan fingerprint density at radius 2 is 1.93 bits per heavy atom. The van der Waals surface area contributed by atoms with Crippen LogP contribution in [0.3, 0.4) is 0 Å². The van der Waals surface area contributed by atoms with Crippen molar-refractivity contribution in [3.8, 4) is 5.75 Å². The molecule has 30 heavy (non-hydrogen) atoms. The Morgan fingerprint density at radius 1 is 1.20 bits per heavy atom. The lowest BCUT2D eigenvalue weighted by Gasteiger charge is -2.25. The third-order valence-electron chi connectivity index (χ3n) is 5.22. The fourth-order valence-corrected chi connectivity index (χ4v) is 4.56. The summed E-state index contributed by atoms with van der Waals surface area (Å²) in [5.74, 6) is 0.452. The topological polar surface area (TPSA) is 87.7 Å². The molecule has 1 unspecified atom stereocenters. The molecule has 8 heteroatoms. The predicted octanol–water partition coefficient (Wildman–Crippen LogP) is 2.48. The zero-order valence-electron chi connectivity index (χ0n) is 17.8. The molecule has 0 spiro atoms. The van der Waals surface area contributed by atoms with Crippen molar-refractivity contribution in [2.24, 2.45) is 0 Å². The van der Waals surface area contributed by atoms with Crippen LogP contribution in [0.1, 0.15) is 40.4 Å². The second-order valence-electron chi connectivity index (χ2n) is 7.84. The quantitative estimate of drug-likeness (QED) is 0.637. The highest BCUT2D eigenvalue weighted by Gasteiger charge is 2.28. The molecule has 0 aliphatic heterocycles. The molecule has 1 aliphatic rings. The van der Waals surface area contributed by atoms with Crippen LogP contribution in [-0.2, 0) is 10.0 Å². The first-order chi connectivity index (χ1) is 14.2. The molecule has 2 aromatic carbocycles. The Labute approximate surface area is 178 Å². The molecule has 1 atom stereocenters. The maximum Gasteiger partial charge on any atom is 0.251 e. The van der Waals surface area contributed by atoms with Crippen LogP contribution in [0.2, 0.25) is 0 Å². The number of hydrogen-bond donors (Lipinski definition) is 2. The number of nitrogens with zero attached hydrogens (tertiary/aromatic N) is 1. The van der Waals surface area contributed by atoms with Gasteiger partial charge in [0, 0.05) is 18.2 Å². The third kappa shape index (κ3) is 5.38. The lowest BCUT2D eigenvalue weighted by atomic mass is 10.0. The monoisotopic (exact) mass is 431 g/mol. The lowest BCUT2D eigenvalue weighted by molar-refractivity contribution is 0.0941. The van der Waals surface area contributed by atoms with Gasteiger partial charge in [0.25, 0.3) is 5.91 Å². The minimum Gasteiger partial charge on any atom is -0.497 e. The highest BCUT2D eigenvalue weighted by atomic mass is 32.2. The van der Waals surface area contributed by atoms with E-state index in [4.69, 9.17) is 4.74 Å². The maximum absolute atomic E-state index is 12.9. The number of likely N-dealkylation sites (N-methyl/N-ethyl adjacent to an activating group) is 1. The first-order valence-electron chi connectivity index (χ1n) is 9.93. The van der Waals surface area contributed by atoms with Gasteiger partial charge in [-0.15, -0.1) is 0 Å². The minimum atomic E-state index is -3.62. The Bertz CT molecular complexity index is 1020. The van der Waals surface area contributed by atoms with E-state index in [9.17, 15) is 13.2 Å². The second-order valence-corrected chi connectivity index (χ2v) is 9.55. The third-order valence-corrected chi connectivity index (χ3v) is 6.74. The average molecular weight is 432 g/mol. The van der Waals surface area contributed by atoms with Gasteiger partial charge in [0.05, 0.1) is 18.0 Å². The van der Waals surface area contributed by atoms with E-state index in [0.29, 0.717) is 12.1 Å². The zero-order valence-corrected chi connectivity index (χ0v) is 18.6. The van der Waals surface area contributed by atoms with E-state index >= 15 is 0 Å². The van der Waals surface area contributed by atoms with Gasteiger partial charge >= 0.3 is 0 Å². The highest BCUT2D eigenvalue weighted by Crippen LogP contribution is 2.24. The van der Waals surface area contributed by atoms with Gasteiger partial charge in [0.2, 0.25) is 10.0 Å². The fraction of sp³-hybridized carbons (Fsp3) is 0.409. The van der Waals surface area contributed by atoms with E-state index < -0.39 is 10.0 Å². The van der Waals surface area contributed by atoms with Crippen LogP contribution in [0.4, 0.5) is 0 Å². The van der Waals surface area contributed by atoms with Crippen LogP contribution < -0.4 is 14.8 Å². The van der Waals surface area contributed by atoms with E-state index in [-0.39, 0.29) is 22.9 Å². The predicted molar refractivity (Wildman–Crippen MR) is 116 cm³/mol. The molecule has 2 N–H and O–H groups in total. The van der Waals surface area contributed by atoms with Crippen molar-refractivity contribution in [3.63, 3.8) is 0 Å². The molecule has 0 bridgehead atoms. The van der Waals surface area contributed by atoms with Crippen LogP contribution in [0, 0.1) is 6.92 Å². The minimum absolute atomic E-state index is 0.0114. The van der Waals surface area contributed by atoms with Crippen LogP contribution >= 0.6 is 0 Å². The molecule has 0 heterocycles. The Hall–Kier alpha value is -2.42. The Kier molecular flexibility index (Phi) is 6.80. The number of hydrogen-bond acceptors (Lipinski definition) is 5. The summed E-state index contributed by atoms with van der Waals surface area (Å²) >= 11 is 0. The van der Waals surface area contributed by atoms with Crippen LogP contribution in [0.15, 0.2) is 47.4 Å². The summed E-state index contributed by atoms with van der Waals surface area (Å²) in [4.78, 5) is 15.0. The van der Waals surface area contributed by atoms with Crippen molar-refractivity contribution in [1.29, 1.82) is 0 Å². The molecule has 0 radical (unpaired) electrons. The normalized spacial score (nSPS) is 15.1. The maximum atomic E-state index is 12.9. The number of benzene rings is 2. The standard InChI is InChI=1S/C22H29N3O4S/c1-15-8-11-19(30(27,28)24-17-9-10-17)13-20(15)22(26)23-14-21(25(2)3)16-6-5-7-18(12-16)29-4/h5-8,11-13,17,21,24H,9-10,14H2,1-4H3,(H,23,26). The first kappa shape index (κ1) is 22.3. The summed E-state index contributed by atoms with van der Waals surface area (Å²) in [5.41, 5.74) is 2.10. The number of aryl methyl sites for hydroxylation is 1. The molecule has 1 aliphatic carbocycles. The number of sulfonamides is 1. The van der Waals surface area contributed by atoms with E-state index in [1.54, 1.807) is 20.1 Å². The molecule has 0 aromatic heterocycles. The van der Waals surface area contributed by atoms with Crippen molar-refractivity contribution in [2.45, 2.75) is 36.7 Å². The largest absolute Gasteiger partial charge is 0.497 e. The number of carbonyl (C=O) groups excluding carboxylic acids is 1. The molecule has 2 aromatic rings. The summed E-state index contributed by atoms with van der Waals surface area (Å²) in [6, 6.07) is 12.3. The van der Waals surface area contributed by atoms with E-state index in [0.717, 1.165) is 29.7 Å². The number of carbonyl (C=O) groups is 1. The van der Waals surface area contributed by atoms with Crippen molar-refractivity contribution < 1.29 is 17.9 Å². The number of nitrogens with one attached hydrogen (secondary N) is 2. The van der Waals surface area contributed by atoms with Crippen LogP contribution in [-0.4, -0.2) is 53.0 Å². The van der Waals surface area contributed by atoms with E-state index in [1.165, 1.54) is 12.1 Å². The Balaban J connectivity index is 1.76. The van der Waals surface area contributed by atoms with Crippen molar-refractivity contribution in [1.82, 2.24) is 14.9 Å². The molecule has 3 rings (SSSR count). The smallest absolute Gasteiger partial charge is 0.251 e. The van der Waals surface area contributed by atoms with Crippen LogP contribution in [0.25, 0.3) is 0 Å². The van der Waals surface area contributed by atoms with Crippen molar-refractivity contribution in [2.75, 3.05) is 27.7 Å². The van der Waals surface area contributed by atoms with Gasteiger partial charge in [-0.1, -0.05) is 18.2 Å². The van der Waals surface area contributed by atoms with Gasteiger partial charge < -0.3 is 15.0 Å². The summed E-state index contributed by atoms with van der Waals surface area (Å²) in [6.07, 6.45) is 1.71. The Morgan fingerprint density at radius 3 is 2.57 bits per heavy atom. The van der Waals surface area contributed by atoms with E-state index in [2.05, 4.69) is 10.0 Å². The molecule has 0 saturated heterocycles. The highest BCUT2D eigenvalue weighted by molar-refractivity contribution is 7.89. The molecular formula is C22H29N3O4S. The van der Waals surface area contributed by atoms with Gasteiger partial charge in [0.15, 0.2) is 0 Å². The summed E-state index contributed by atoms with van der Waals surface area (Å²) in [7, 11) is 1.89. The molecule has 7 nitrogen and oxygen atoms in total. The van der Waals surface area contributed by atoms with Crippen LogP contribution in [0.5, 0.6) is 5.75 Å². The van der Waals surface area contributed by atoms with Crippen molar-refractivity contribution >= 4 is 15.9 Å². The molecule has 1 fully saturated rings. The van der Waals surface area contributed by atoms with Crippen molar-refractivity contribution in [3.05, 3.63) is 59.2 Å². The summed E-state index contributed by atoms with van der Waals surface area (Å²) in [6.45, 7) is 2.17. The molecule has 1 saturated carbocycles. The van der Waals surface area contributed by atoms with E-state index in [1.807, 2.05) is 43.3 Å². The lowest BCUT2D eigenvalue weighted by Crippen LogP contribution is -2.35. The molecule has 1 amide bonds. The number of ether oxygens (including phenoxy) is 1. The van der Waals surface area contributed by atoms with Gasteiger partial charge in [-0.2, -0.15) is 0 Å². The van der Waals surface area contributed by atoms with Gasteiger partial charge in [-0.05, 0) is 69.3 Å². The first-order valence-corrected chi connectivity index (χ1v) is 11.4. The average Bonchev–Trinajstić information content (AvgIpc) is 3.51. The number of amides is 1. The second kappa shape index (κ2) is 9.16. The summed E-state index contributed by atoms with van der Waals surface area (Å²) < 4.78 is 33.0. The van der Waals surface area contributed by atoms with Gasteiger partial charge in [-0.25, -0.2) is 13.1 Å². The fourth-order valence-electron chi connectivity index (χ4n) is 3.23. The van der Waals surface area contributed by atoms with Gasteiger partial charge in [-0.3, -0.25) is 4.79 Å². The molecule has 162 valence electrons. The summed E-state index contributed by atoms with van der Waals surface area (Å²) in [5, 5.41) is 2.95. The van der Waals surface area contributed by atoms with Gasteiger partial charge in [0.1, 0.15) is 5.75 Å². The zero-order chi connectivity index (χ0) is 21.9. The number of rotatable bonds is 9.